The SMILES string of the molecule is CCC(CC)(c1ccc(/C(N)=N/N)cc1)c1ccc(OCCC(C)(C)C)c(C)c1.CO. The van der Waals surface area contributed by atoms with E-state index in [0.717, 1.165) is 44.3 Å². The van der Waals surface area contributed by atoms with Gasteiger partial charge in [-0.3, -0.25) is 0 Å². The number of aliphatic hydroxyl groups excluding tert-OH is 1. The summed E-state index contributed by atoms with van der Waals surface area (Å²) < 4.78 is 6.07. The van der Waals surface area contributed by atoms with Gasteiger partial charge in [0.25, 0.3) is 0 Å². The van der Waals surface area contributed by atoms with E-state index in [0.29, 0.717) is 5.84 Å². The first kappa shape index (κ1) is 26.5. The van der Waals surface area contributed by atoms with Crippen LogP contribution in [0.2, 0.25) is 0 Å². The van der Waals surface area contributed by atoms with Crippen molar-refractivity contribution in [2.45, 2.75) is 66.2 Å². The molecular weight excluding hydrogens is 386 g/mol. The predicted molar refractivity (Wildman–Crippen MR) is 132 cm³/mol. The topological polar surface area (TPSA) is 93.9 Å². The van der Waals surface area contributed by atoms with Crippen LogP contribution in [0.25, 0.3) is 0 Å². The van der Waals surface area contributed by atoms with E-state index in [4.69, 9.17) is 21.4 Å². The molecule has 5 nitrogen and oxygen atoms in total. The Morgan fingerprint density at radius 2 is 1.52 bits per heavy atom. The Balaban J connectivity index is 0.00000233. The van der Waals surface area contributed by atoms with Crippen LogP contribution in [0.3, 0.4) is 0 Å². The Labute approximate surface area is 188 Å². The van der Waals surface area contributed by atoms with Gasteiger partial charge in [-0.15, -0.1) is 0 Å². The van der Waals surface area contributed by atoms with Crippen molar-refractivity contribution >= 4 is 5.84 Å². The highest BCUT2D eigenvalue weighted by Crippen LogP contribution is 2.40. The number of aryl methyl sites for hydroxylation is 1. The van der Waals surface area contributed by atoms with Gasteiger partial charge in [-0.1, -0.05) is 71.0 Å². The zero-order chi connectivity index (χ0) is 23.7. The summed E-state index contributed by atoms with van der Waals surface area (Å²) in [4.78, 5) is 0. The summed E-state index contributed by atoms with van der Waals surface area (Å²) >= 11 is 0. The molecule has 0 unspecified atom stereocenters. The standard InChI is InChI=1S/C25H37N3O.CH4O/c1-7-25(8-2,20-11-9-19(10-12-20)23(26)28-27)21-13-14-22(18(3)17-21)29-16-15-24(4,5)6;1-2/h9-14,17H,7-8,15-16,27H2,1-6H3,(H2,26,28);2H,1H3. The third-order valence-electron chi connectivity index (χ3n) is 5.92. The molecule has 0 amide bonds. The number of benzene rings is 2. The lowest BCUT2D eigenvalue weighted by Crippen LogP contribution is -2.26. The molecule has 0 saturated carbocycles. The third-order valence-corrected chi connectivity index (χ3v) is 5.92. The molecule has 0 fully saturated rings. The number of hydrogen-bond acceptors (Lipinski definition) is 4. The van der Waals surface area contributed by atoms with Crippen LogP contribution in [-0.4, -0.2) is 24.7 Å². The number of amidine groups is 1. The van der Waals surface area contributed by atoms with Crippen molar-refractivity contribution in [3.05, 3.63) is 64.7 Å². The van der Waals surface area contributed by atoms with Crippen molar-refractivity contribution < 1.29 is 9.84 Å². The van der Waals surface area contributed by atoms with Crippen LogP contribution < -0.4 is 16.3 Å². The Hall–Kier alpha value is -2.53. The molecule has 0 saturated heterocycles. The van der Waals surface area contributed by atoms with E-state index >= 15 is 0 Å². The van der Waals surface area contributed by atoms with Gasteiger partial charge in [-0.25, -0.2) is 0 Å². The first-order chi connectivity index (χ1) is 14.7. The zero-order valence-corrected chi connectivity index (χ0v) is 20.3. The van der Waals surface area contributed by atoms with Crippen molar-refractivity contribution in [2.24, 2.45) is 22.1 Å². The lowest BCUT2D eigenvalue weighted by Gasteiger charge is -2.34. The monoisotopic (exact) mass is 427 g/mol. The van der Waals surface area contributed by atoms with Crippen LogP contribution in [0.5, 0.6) is 5.75 Å². The molecule has 0 aliphatic rings. The highest BCUT2D eigenvalue weighted by Gasteiger charge is 2.31. The quantitative estimate of drug-likeness (QED) is 0.236. The van der Waals surface area contributed by atoms with Crippen LogP contribution in [0.15, 0.2) is 47.6 Å². The second-order valence-corrected chi connectivity index (χ2v) is 9.02. The molecule has 0 bridgehead atoms. The van der Waals surface area contributed by atoms with Gasteiger partial charge < -0.3 is 21.4 Å². The minimum absolute atomic E-state index is 0.0537. The molecule has 5 N–H and O–H groups in total. The molecule has 0 radical (unpaired) electrons. The smallest absolute Gasteiger partial charge is 0.150 e. The fourth-order valence-electron chi connectivity index (χ4n) is 3.84. The maximum absolute atomic E-state index is 7.00. The van der Waals surface area contributed by atoms with Crippen molar-refractivity contribution in [3.8, 4) is 5.75 Å². The molecule has 0 aliphatic heterocycles. The summed E-state index contributed by atoms with van der Waals surface area (Å²) in [6.45, 7) is 14.1. The van der Waals surface area contributed by atoms with Crippen LogP contribution in [-0.2, 0) is 5.41 Å². The molecule has 2 rings (SSSR count). The number of hydrazone groups is 1. The molecule has 0 spiro atoms. The highest BCUT2D eigenvalue weighted by atomic mass is 16.5. The fourth-order valence-corrected chi connectivity index (χ4v) is 3.84. The summed E-state index contributed by atoms with van der Waals surface area (Å²) in [5.41, 5.74) is 10.7. The van der Waals surface area contributed by atoms with Gasteiger partial charge in [0, 0.05) is 18.1 Å². The average molecular weight is 428 g/mol. The number of aliphatic hydroxyl groups is 1. The van der Waals surface area contributed by atoms with Crippen LogP contribution in [0.4, 0.5) is 0 Å². The summed E-state index contributed by atoms with van der Waals surface area (Å²) in [6.07, 6.45) is 3.05. The molecule has 2 aromatic rings. The second kappa shape index (κ2) is 11.8. The lowest BCUT2D eigenvalue weighted by atomic mass is 9.70. The van der Waals surface area contributed by atoms with E-state index in [2.05, 4.69) is 77.0 Å². The normalized spacial score (nSPS) is 12.2. The van der Waals surface area contributed by atoms with E-state index in [-0.39, 0.29) is 10.8 Å². The van der Waals surface area contributed by atoms with Gasteiger partial charge in [-0.2, -0.15) is 5.10 Å². The van der Waals surface area contributed by atoms with Crippen LogP contribution >= 0.6 is 0 Å². The summed E-state index contributed by atoms with van der Waals surface area (Å²) in [5.74, 6) is 6.63. The second-order valence-electron chi connectivity index (χ2n) is 9.02. The molecule has 0 atom stereocenters. The minimum Gasteiger partial charge on any atom is -0.493 e. The van der Waals surface area contributed by atoms with Gasteiger partial charge in [0.1, 0.15) is 11.6 Å². The largest absolute Gasteiger partial charge is 0.493 e. The Morgan fingerprint density at radius 3 is 1.97 bits per heavy atom. The molecule has 0 aliphatic carbocycles. The number of nitrogens with two attached hydrogens (primary N) is 2. The van der Waals surface area contributed by atoms with E-state index in [1.54, 1.807) is 0 Å². The van der Waals surface area contributed by atoms with E-state index in [1.807, 2.05) is 12.1 Å². The van der Waals surface area contributed by atoms with Gasteiger partial charge in [0.05, 0.1) is 6.61 Å². The number of ether oxygens (including phenoxy) is 1. The van der Waals surface area contributed by atoms with Gasteiger partial charge in [0.15, 0.2) is 0 Å². The van der Waals surface area contributed by atoms with Gasteiger partial charge >= 0.3 is 0 Å². The minimum atomic E-state index is -0.0537. The first-order valence-electron chi connectivity index (χ1n) is 11.0. The first-order valence-corrected chi connectivity index (χ1v) is 11.0. The third kappa shape index (κ3) is 6.73. The number of hydrogen-bond donors (Lipinski definition) is 3. The predicted octanol–water partition coefficient (Wildman–Crippen LogP) is 5.10. The Morgan fingerprint density at radius 1 is 0.968 bits per heavy atom. The number of rotatable bonds is 8. The van der Waals surface area contributed by atoms with Crippen molar-refractivity contribution in [1.82, 2.24) is 0 Å². The maximum Gasteiger partial charge on any atom is 0.150 e. The van der Waals surface area contributed by atoms with Crippen molar-refractivity contribution in [2.75, 3.05) is 13.7 Å². The molecule has 0 heterocycles. The lowest BCUT2D eigenvalue weighted by molar-refractivity contribution is 0.242. The molecule has 31 heavy (non-hydrogen) atoms. The maximum atomic E-state index is 7.00. The highest BCUT2D eigenvalue weighted by molar-refractivity contribution is 5.97. The van der Waals surface area contributed by atoms with Crippen LogP contribution in [0.1, 0.15) is 76.1 Å². The van der Waals surface area contributed by atoms with E-state index in [1.165, 1.54) is 16.7 Å². The van der Waals surface area contributed by atoms with E-state index < -0.39 is 0 Å². The molecule has 5 heteroatoms. The summed E-state index contributed by atoms with van der Waals surface area (Å²) in [7, 11) is 1.00. The summed E-state index contributed by atoms with van der Waals surface area (Å²) in [5, 5.41) is 10.6. The zero-order valence-electron chi connectivity index (χ0n) is 20.3. The number of nitrogens with zero attached hydrogens (tertiary/aromatic N) is 1. The molecule has 172 valence electrons. The molecule has 2 aromatic carbocycles. The van der Waals surface area contributed by atoms with Gasteiger partial charge in [-0.05, 0) is 54.4 Å². The van der Waals surface area contributed by atoms with Crippen molar-refractivity contribution in [3.63, 3.8) is 0 Å². The summed E-state index contributed by atoms with van der Waals surface area (Å²) in [6, 6.07) is 14.9. The molecule has 0 aromatic heterocycles. The van der Waals surface area contributed by atoms with E-state index in [9.17, 15) is 0 Å². The fraction of sp³-hybridized carbons (Fsp3) is 0.500. The Kier molecular flexibility index (Phi) is 10.0. The Bertz CT molecular complexity index is 833. The average Bonchev–Trinajstić information content (AvgIpc) is 2.77. The van der Waals surface area contributed by atoms with Crippen molar-refractivity contribution in [1.29, 1.82) is 0 Å². The van der Waals surface area contributed by atoms with Gasteiger partial charge in [0.2, 0.25) is 0 Å². The van der Waals surface area contributed by atoms with Crippen LogP contribution in [0, 0.1) is 12.3 Å². The molecular formula is C26H41N3O2.